The summed E-state index contributed by atoms with van der Waals surface area (Å²) in [5.41, 5.74) is 0.537. The molecule has 1 aliphatic carbocycles. The third-order valence-corrected chi connectivity index (χ3v) is 3.63. The van der Waals surface area contributed by atoms with Gasteiger partial charge >= 0.3 is 0 Å². The van der Waals surface area contributed by atoms with E-state index in [1.165, 1.54) is 32.1 Å². The Balaban J connectivity index is 1.98. The molecule has 15 heavy (non-hydrogen) atoms. The summed E-state index contributed by atoms with van der Waals surface area (Å²) >= 11 is 0. The van der Waals surface area contributed by atoms with Crippen LogP contribution < -0.4 is 0 Å². The van der Waals surface area contributed by atoms with Gasteiger partial charge in [-0.25, -0.2) is 0 Å². The van der Waals surface area contributed by atoms with E-state index in [1.54, 1.807) is 12.5 Å². The van der Waals surface area contributed by atoms with Gasteiger partial charge in [0, 0.05) is 6.42 Å². The van der Waals surface area contributed by atoms with E-state index in [-0.39, 0.29) is 0 Å². The molecule has 0 bridgehead atoms. The highest BCUT2D eigenvalue weighted by molar-refractivity contribution is 5.09. The van der Waals surface area contributed by atoms with Gasteiger partial charge in [0.1, 0.15) is 0 Å². The third kappa shape index (κ3) is 2.63. The lowest BCUT2D eigenvalue weighted by atomic mass is 9.75. The van der Waals surface area contributed by atoms with Gasteiger partial charge in [-0.3, -0.25) is 0 Å². The van der Waals surface area contributed by atoms with Crippen molar-refractivity contribution in [2.24, 2.45) is 5.92 Å². The fourth-order valence-corrected chi connectivity index (χ4v) is 2.68. The Morgan fingerprint density at radius 1 is 1.40 bits per heavy atom. The topological polar surface area (TPSA) is 33.4 Å². The Hall–Kier alpha value is -0.760. The Bertz CT molecular complexity index is 281. The Morgan fingerprint density at radius 3 is 2.73 bits per heavy atom. The summed E-state index contributed by atoms with van der Waals surface area (Å²) in [6, 6.07) is 1.94. The zero-order valence-corrected chi connectivity index (χ0v) is 9.41. The lowest BCUT2D eigenvalue weighted by Crippen LogP contribution is -2.37. The van der Waals surface area contributed by atoms with E-state index >= 15 is 0 Å². The molecular formula is C13H20O2. The van der Waals surface area contributed by atoms with Crippen molar-refractivity contribution in [2.45, 2.75) is 51.0 Å². The van der Waals surface area contributed by atoms with E-state index in [9.17, 15) is 5.11 Å². The molecule has 1 unspecified atom stereocenters. The van der Waals surface area contributed by atoms with E-state index in [1.807, 2.05) is 13.0 Å². The fourth-order valence-electron chi connectivity index (χ4n) is 2.68. The molecule has 2 heteroatoms. The van der Waals surface area contributed by atoms with Gasteiger partial charge in [0.2, 0.25) is 0 Å². The average Bonchev–Trinajstić information content (AvgIpc) is 2.71. The summed E-state index contributed by atoms with van der Waals surface area (Å²) in [5, 5.41) is 10.5. The van der Waals surface area contributed by atoms with Crippen molar-refractivity contribution in [1.29, 1.82) is 0 Å². The second-order valence-electron chi connectivity index (χ2n) is 5.00. The van der Waals surface area contributed by atoms with Crippen LogP contribution in [0.15, 0.2) is 23.0 Å². The number of rotatable bonds is 3. The van der Waals surface area contributed by atoms with Crippen LogP contribution in [-0.4, -0.2) is 10.7 Å². The zero-order chi connectivity index (χ0) is 10.7. The van der Waals surface area contributed by atoms with Crippen LogP contribution in [0.5, 0.6) is 0 Å². The zero-order valence-electron chi connectivity index (χ0n) is 9.41. The van der Waals surface area contributed by atoms with Crippen molar-refractivity contribution in [2.75, 3.05) is 0 Å². The SMILES string of the molecule is CC(O)(Cc1ccoc1)C1CCCCC1. The Labute approximate surface area is 91.3 Å². The standard InChI is InChI=1S/C13H20O2/c1-13(14,9-11-7-8-15-10-11)12-5-3-2-4-6-12/h7-8,10,12,14H,2-6,9H2,1H3. The Morgan fingerprint density at radius 2 is 2.13 bits per heavy atom. The number of aliphatic hydroxyl groups is 1. The average molecular weight is 208 g/mol. The van der Waals surface area contributed by atoms with Crippen LogP contribution in [0.25, 0.3) is 0 Å². The van der Waals surface area contributed by atoms with Crippen LogP contribution in [0.2, 0.25) is 0 Å². The third-order valence-electron chi connectivity index (χ3n) is 3.63. The fraction of sp³-hybridized carbons (Fsp3) is 0.692. The number of hydrogen-bond acceptors (Lipinski definition) is 2. The van der Waals surface area contributed by atoms with Crippen LogP contribution >= 0.6 is 0 Å². The van der Waals surface area contributed by atoms with Gasteiger partial charge in [0.15, 0.2) is 0 Å². The summed E-state index contributed by atoms with van der Waals surface area (Å²) in [5.74, 6) is 0.459. The van der Waals surface area contributed by atoms with Gasteiger partial charge in [-0.05, 0) is 37.3 Å². The maximum absolute atomic E-state index is 10.5. The summed E-state index contributed by atoms with van der Waals surface area (Å²) in [7, 11) is 0. The predicted molar refractivity (Wildman–Crippen MR) is 59.6 cm³/mol. The molecule has 1 fully saturated rings. The molecule has 1 heterocycles. The van der Waals surface area contributed by atoms with Crippen LogP contribution in [0.3, 0.4) is 0 Å². The van der Waals surface area contributed by atoms with Gasteiger partial charge in [-0.2, -0.15) is 0 Å². The number of hydrogen-bond donors (Lipinski definition) is 1. The summed E-state index contributed by atoms with van der Waals surface area (Å²) in [4.78, 5) is 0. The van der Waals surface area contributed by atoms with Gasteiger partial charge in [0.05, 0.1) is 18.1 Å². The molecule has 1 aromatic rings. The first kappa shape index (κ1) is 10.7. The van der Waals surface area contributed by atoms with Gasteiger partial charge < -0.3 is 9.52 Å². The smallest absolute Gasteiger partial charge is 0.0935 e. The molecule has 1 aromatic heterocycles. The van der Waals surface area contributed by atoms with Crippen molar-refractivity contribution in [3.05, 3.63) is 24.2 Å². The first-order valence-corrected chi connectivity index (χ1v) is 5.92. The monoisotopic (exact) mass is 208 g/mol. The molecule has 0 aliphatic heterocycles. The minimum Gasteiger partial charge on any atom is -0.472 e. The minimum absolute atomic E-state index is 0.459. The quantitative estimate of drug-likeness (QED) is 0.827. The molecule has 2 nitrogen and oxygen atoms in total. The predicted octanol–water partition coefficient (Wildman–Crippen LogP) is 3.15. The molecule has 1 atom stereocenters. The maximum Gasteiger partial charge on any atom is 0.0935 e. The van der Waals surface area contributed by atoms with E-state index in [0.717, 1.165) is 5.56 Å². The van der Waals surface area contributed by atoms with Crippen molar-refractivity contribution >= 4 is 0 Å². The van der Waals surface area contributed by atoms with Gasteiger partial charge in [-0.15, -0.1) is 0 Å². The van der Waals surface area contributed by atoms with E-state index in [2.05, 4.69) is 0 Å². The molecule has 0 spiro atoms. The minimum atomic E-state index is -0.565. The highest BCUT2D eigenvalue weighted by Gasteiger charge is 2.32. The highest BCUT2D eigenvalue weighted by Crippen LogP contribution is 2.34. The van der Waals surface area contributed by atoms with Crippen LogP contribution in [-0.2, 0) is 6.42 Å². The van der Waals surface area contributed by atoms with Crippen molar-refractivity contribution < 1.29 is 9.52 Å². The van der Waals surface area contributed by atoms with Crippen LogP contribution in [0.4, 0.5) is 0 Å². The molecule has 1 saturated carbocycles. The first-order valence-electron chi connectivity index (χ1n) is 5.92. The maximum atomic E-state index is 10.5. The van der Waals surface area contributed by atoms with Gasteiger partial charge in [-0.1, -0.05) is 19.3 Å². The van der Waals surface area contributed by atoms with Crippen molar-refractivity contribution in [3.8, 4) is 0 Å². The van der Waals surface area contributed by atoms with Crippen molar-refractivity contribution in [1.82, 2.24) is 0 Å². The molecule has 0 aromatic carbocycles. The molecular weight excluding hydrogens is 188 g/mol. The normalized spacial score (nSPS) is 22.5. The Kier molecular flexibility index (Phi) is 3.15. The molecule has 1 aliphatic rings. The summed E-state index contributed by atoms with van der Waals surface area (Å²) in [6.07, 6.45) is 10.3. The van der Waals surface area contributed by atoms with E-state index in [4.69, 9.17) is 4.42 Å². The summed E-state index contributed by atoms with van der Waals surface area (Å²) < 4.78 is 5.04. The van der Waals surface area contributed by atoms with E-state index in [0.29, 0.717) is 12.3 Å². The molecule has 2 rings (SSSR count). The molecule has 0 amide bonds. The molecule has 0 radical (unpaired) electrons. The summed E-state index contributed by atoms with van der Waals surface area (Å²) in [6.45, 7) is 1.97. The first-order chi connectivity index (χ1) is 7.18. The lowest BCUT2D eigenvalue weighted by Gasteiger charge is -2.35. The second kappa shape index (κ2) is 4.40. The molecule has 84 valence electrons. The second-order valence-corrected chi connectivity index (χ2v) is 5.00. The van der Waals surface area contributed by atoms with Crippen LogP contribution in [0.1, 0.15) is 44.6 Å². The highest BCUT2D eigenvalue weighted by atomic mass is 16.3. The van der Waals surface area contributed by atoms with E-state index < -0.39 is 5.60 Å². The lowest BCUT2D eigenvalue weighted by molar-refractivity contribution is -0.0160. The molecule has 1 N–H and O–H groups in total. The van der Waals surface area contributed by atoms with Crippen LogP contribution in [0, 0.1) is 5.92 Å². The largest absolute Gasteiger partial charge is 0.472 e. The molecule has 0 saturated heterocycles. The number of furan rings is 1. The van der Waals surface area contributed by atoms with Crippen molar-refractivity contribution in [3.63, 3.8) is 0 Å². The van der Waals surface area contributed by atoms with Gasteiger partial charge in [0.25, 0.3) is 0 Å².